The number of imidazole rings is 1. The molecule has 1 aromatic heterocycles. The number of carbonyl (C=O) groups is 4. The summed E-state index contributed by atoms with van der Waals surface area (Å²) in [5, 5.41) is 2.19. The molecule has 3 atom stereocenters. The number of imide groups is 1. The van der Waals surface area contributed by atoms with Gasteiger partial charge in [-0.1, -0.05) is 0 Å². The number of ether oxygens (including phenoxy) is 1. The van der Waals surface area contributed by atoms with Crippen molar-refractivity contribution in [1.29, 1.82) is 0 Å². The SMILES string of the molecule is CN1C(=O)NC(=O)CC1COC(=O)[C@@H]1CCCN1C(=O)[C@@H](N)Cc1cnc[nH]1. The first-order valence-electron chi connectivity index (χ1n) is 9.13. The van der Waals surface area contributed by atoms with Gasteiger partial charge in [-0.15, -0.1) is 0 Å². The zero-order chi connectivity index (χ0) is 20.3. The van der Waals surface area contributed by atoms with Gasteiger partial charge in [0.05, 0.1) is 24.8 Å². The second kappa shape index (κ2) is 8.38. The third kappa shape index (κ3) is 4.30. The molecule has 3 rings (SSSR count). The van der Waals surface area contributed by atoms with Crippen molar-refractivity contribution in [3.05, 3.63) is 18.2 Å². The van der Waals surface area contributed by atoms with Gasteiger partial charge < -0.3 is 25.3 Å². The van der Waals surface area contributed by atoms with E-state index in [9.17, 15) is 19.2 Å². The van der Waals surface area contributed by atoms with Crippen LogP contribution in [0, 0.1) is 0 Å². The maximum absolute atomic E-state index is 12.7. The molecule has 2 saturated heterocycles. The van der Waals surface area contributed by atoms with Crippen LogP contribution in [0.3, 0.4) is 0 Å². The molecule has 0 aromatic carbocycles. The number of aromatic amines is 1. The van der Waals surface area contributed by atoms with E-state index in [1.165, 1.54) is 23.2 Å². The summed E-state index contributed by atoms with van der Waals surface area (Å²) < 4.78 is 5.33. The minimum Gasteiger partial charge on any atom is -0.462 e. The number of nitrogens with one attached hydrogen (secondary N) is 2. The first-order valence-corrected chi connectivity index (χ1v) is 9.13. The first kappa shape index (κ1) is 19.8. The second-order valence-corrected chi connectivity index (χ2v) is 7.03. The zero-order valence-electron chi connectivity index (χ0n) is 15.6. The predicted molar refractivity (Wildman–Crippen MR) is 95.7 cm³/mol. The van der Waals surface area contributed by atoms with E-state index >= 15 is 0 Å². The number of nitrogens with zero attached hydrogens (tertiary/aromatic N) is 3. The van der Waals surface area contributed by atoms with Crippen LogP contribution in [0.2, 0.25) is 0 Å². The maximum Gasteiger partial charge on any atom is 0.328 e. The minimum atomic E-state index is -0.792. The van der Waals surface area contributed by atoms with Gasteiger partial charge in [0.15, 0.2) is 0 Å². The van der Waals surface area contributed by atoms with Crippen molar-refractivity contribution in [1.82, 2.24) is 25.1 Å². The van der Waals surface area contributed by atoms with Crippen molar-refractivity contribution in [2.45, 2.75) is 43.8 Å². The fourth-order valence-corrected chi connectivity index (χ4v) is 3.43. The third-order valence-corrected chi connectivity index (χ3v) is 5.07. The highest BCUT2D eigenvalue weighted by atomic mass is 16.5. The van der Waals surface area contributed by atoms with Crippen molar-refractivity contribution >= 4 is 23.8 Å². The molecule has 2 fully saturated rings. The number of rotatable bonds is 6. The van der Waals surface area contributed by atoms with Gasteiger partial charge in [-0.25, -0.2) is 14.6 Å². The molecule has 1 aromatic rings. The normalized spacial score (nSPS) is 23.5. The Morgan fingerprint density at radius 3 is 2.93 bits per heavy atom. The van der Waals surface area contributed by atoms with Crippen LogP contribution in [0.5, 0.6) is 0 Å². The fourth-order valence-electron chi connectivity index (χ4n) is 3.43. The molecular weight excluding hydrogens is 368 g/mol. The number of esters is 1. The summed E-state index contributed by atoms with van der Waals surface area (Å²) in [5.41, 5.74) is 6.75. The number of hydrogen-bond donors (Lipinski definition) is 3. The van der Waals surface area contributed by atoms with Gasteiger partial charge in [0.1, 0.15) is 12.6 Å². The van der Waals surface area contributed by atoms with Gasteiger partial charge in [-0.2, -0.15) is 0 Å². The summed E-state index contributed by atoms with van der Waals surface area (Å²) in [6.07, 6.45) is 4.61. The molecule has 152 valence electrons. The molecular formula is C17H24N6O5. The standard InChI is InChI=1S/C17H24N6O5/c1-22-11(6-14(24)21-17(22)27)8-28-16(26)13-3-2-4-23(13)15(25)12(18)5-10-7-19-9-20-10/h7,9,11-13H,2-6,8,18H2,1H3,(H,19,20)(H,21,24,27)/t11?,12-,13-/m0/s1. The van der Waals surface area contributed by atoms with E-state index in [0.29, 0.717) is 25.8 Å². The Morgan fingerprint density at radius 1 is 1.43 bits per heavy atom. The Labute approximate surface area is 161 Å². The first-order chi connectivity index (χ1) is 13.4. The lowest BCUT2D eigenvalue weighted by atomic mass is 10.1. The second-order valence-electron chi connectivity index (χ2n) is 7.03. The number of nitrogens with two attached hydrogens (primary N) is 1. The number of likely N-dealkylation sites (N-methyl/N-ethyl adjacent to an activating group) is 1. The van der Waals surface area contributed by atoms with Crippen LogP contribution in [0.25, 0.3) is 0 Å². The molecule has 4 amide bonds. The average molecular weight is 392 g/mol. The summed E-state index contributed by atoms with van der Waals surface area (Å²) in [4.78, 5) is 57.9. The van der Waals surface area contributed by atoms with Crippen LogP contribution < -0.4 is 11.1 Å². The van der Waals surface area contributed by atoms with Crippen LogP contribution in [0.15, 0.2) is 12.5 Å². The molecule has 11 heteroatoms. The van der Waals surface area contributed by atoms with E-state index in [1.807, 2.05) is 0 Å². The van der Waals surface area contributed by atoms with Crippen molar-refractivity contribution in [3.8, 4) is 0 Å². The number of likely N-dealkylation sites (tertiary alicyclic amines) is 1. The van der Waals surface area contributed by atoms with Crippen LogP contribution in [0.1, 0.15) is 25.0 Å². The number of urea groups is 1. The molecule has 3 heterocycles. The van der Waals surface area contributed by atoms with E-state index in [-0.39, 0.29) is 18.9 Å². The Hall–Kier alpha value is -2.95. The van der Waals surface area contributed by atoms with Crippen LogP contribution in [0.4, 0.5) is 4.79 Å². The highest BCUT2D eigenvalue weighted by Crippen LogP contribution is 2.20. The lowest BCUT2D eigenvalue weighted by molar-refractivity contribution is -0.155. The van der Waals surface area contributed by atoms with E-state index in [4.69, 9.17) is 10.5 Å². The number of H-pyrrole nitrogens is 1. The third-order valence-electron chi connectivity index (χ3n) is 5.07. The maximum atomic E-state index is 12.7. The summed E-state index contributed by atoms with van der Waals surface area (Å²) >= 11 is 0. The molecule has 28 heavy (non-hydrogen) atoms. The van der Waals surface area contributed by atoms with Gasteiger partial charge in [0, 0.05) is 31.9 Å². The highest BCUT2D eigenvalue weighted by Gasteiger charge is 2.38. The van der Waals surface area contributed by atoms with Crippen molar-refractivity contribution in [2.24, 2.45) is 5.73 Å². The van der Waals surface area contributed by atoms with E-state index in [0.717, 1.165) is 5.69 Å². The highest BCUT2D eigenvalue weighted by molar-refractivity contribution is 5.97. The summed E-state index contributed by atoms with van der Waals surface area (Å²) in [7, 11) is 1.53. The lowest BCUT2D eigenvalue weighted by Gasteiger charge is -2.32. The average Bonchev–Trinajstić information content (AvgIpc) is 3.34. The molecule has 0 spiro atoms. The summed E-state index contributed by atoms with van der Waals surface area (Å²) in [5.74, 6) is -1.28. The Kier molecular flexibility index (Phi) is 5.93. The van der Waals surface area contributed by atoms with Crippen LogP contribution in [-0.2, 0) is 25.5 Å². The topological polar surface area (TPSA) is 151 Å². The van der Waals surface area contributed by atoms with Crippen molar-refractivity contribution in [2.75, 3.05) is 20.2 Å². The lowest BCUT2D eigenvalue weighted by Crippen LogP contribution is -2.55. The molecule has 0 radical (unpaired) electrons. The van der Waals surface area contributed by atoms with E-state index in [1.54, 1.807) is 6.20 Å². The van der Waals surface area contributed by atoms with Gasteiger partial charge in [-0.3, -0.25) is 14.9 Å². The van der Waals surface area contributed by atoms with Gasteiger partial charge in [0.25, 0.3) is 0 Å². The summed E-state index contributed by atoms with van der Waals surface area (Å²) in [6, 6.07) is -2.56. The zero-order valence-corrected chi connectivity index (χ0v) is 15.6. The molecule has 2 aliphatic rings. The predicted octanol–water partition coefficient (Wildman–Crippen LogP) is -1.25. The van der Waals surface area contributed by atoms with Crippen molar-refractivity contribution in [3.63, 3.8) is 0 Å². The smallest absolute Gasteiger partial charge is 0.328 e. The Bertz CT molecular complexity index is 751. The van der Waals surface area contributed by atoms with Crippen LogP contribution >= 0.6 is 0 Å². The Balaban J connectivity index is 1.56. The number of amides is 4. The van der Waals surface area contributed by atoms with Crippen molar-refractivity contribution < 1.29 is 23.9 Å². The number of hydrogen-bond acceptors (Lipinski definition) is 7. The molecule has 0 aliphatic carbocycles. The quantitative estimate of drug-likeness (QED) is 0.512. The van der Waals surface area contributed by atoms with E-state index in [2.05, 4.69) is 15.3 Å². The molecule has 0 bridgehead atoms. The minimum absolute atomic E-state index is 0.0535. The molecule has 1 unspecified atom stereocenters. The monoisotopic (exact) mass is 392 g/mol. The number of carbonyl (C=O) groups excluding carboxylic acids is 4. The molecule has 11 nitrogen and oxygen atoms in total. The van der Waals surface area contributed by atoms with Gasteiger partial charge in [-0.05, 0) is 12.8 Å². The van der Waals surface area contributed by atoms with E-state index < -0.39 is 36.0 Å². The van der Waals surface area contributed by atoms with Gasteiger partial charge in [0.2, 0.25) is 11.8 Å². The van der Waals surface area contributed by atoms with Crippen LogP contribution in [-0.4, -0.2) is 81.9 Å². The number of aromatic nitrogens is 2. The van der Waals surface area contributed by atoms with Gasteiger partial charge >= 0.3 is 12.0 Å². The Morgan fingerprint density at radius 2 is 2.21 bits per heavy atom. The molecule has 4 N–H and O–H groups in total. The molecule has 2 aliphatic heterocycles. The fraction of sp³-hybridized carbons (Fsp3) is 0.588. The molecule has 0 saturated carbocycles. The largest absolute Gasteiger partial charge is 0.462 e. The summed E-state index contributed by atoms with van der Waals surface area (Å²) in [6.45, 7) is 0.326.